The lowest BCUT2D eigenvalue weighted by Crippen LogP contribution is -2.11. The molecule has 0 heterocycles. The molecule has 0 atom stereocenters. The Hall–Kier alpha value is -3.20. The molecule has 0 aliphatic rings. The highest BCUT2D eigenvalue weighted by atomic mass is 16.1. The fourth-order valence-corrected chi connectivity index (χ4v) is 2.36. The molecule has 0 amide bonds. The second kappa shape index (κ2) is 9.83. The van der Waals surface area contributed by atoms with E-state index >= 15 is 0 Å². The van der Waals surface area contributed by atoms with Gasteiger partial charge in [-0.25, -0.2) is 9.59 Å². The van der Waals surface area contributed by atoms with E-state index in [1.54, 1.807) is 0 Å². The number of benzene rings is 2. The Bertz CT molecular complexity index is 785. The maximum Gasteiger partial charge on any atom is 0.236 e. The van der Waals surface area contributed by atoms with Crippen molar-refractivity contribution in [2.75, 3.05) is 31.4 Å². The van der Waals surface area contributed by atoms with Crippen LogP contribution in [0.15, 0.2) is 46.4 Å². The standard InChI is InChI=1S/C16H20N2.C3H2N2O2/c1-11-12(2)16(18(3)4)10-9-15(11)13-5-7-14(17)8-6-13;6-2-4-1-5-3-7/h5-10H,17H2,1-4H3;1H2. The average molecular weight is 338 g/mol. The maximum absolute atomic E-state index is 9.20. The monoisotopic (exact) mass is 338 g/mol. The summed E-state index contributed by atoms with van der Waals surface area (Å²) in [6.07, 6.45) is 2.41. The topological polar surface area (TPSA) is 88.1 Å². The molecule has 0 unspecified atom stereocenters. The van der Waals surface area contributed by atoms with Crippen LogP contribution in [0.3, 0.4) is 0 Å². The summed E-state index contributed by atoms with van der Waals surface area (Å²) in [5.41, 5.74) is 13.0. The van der Waals surface area contributed by atoms with Gasteiger partial charge in [-0.3, -0.25) is 0 Å². The van der Waals surface area contributed by atoms with Crippen LogP contribution in [0.1, 0.15) is 11.1 Å². The van der Waals surface area contributed by atoms with E-state index in [2.05, 4.69) is 67.1 Å². The molecule has 6 nitrogen and oxygen atoms in total. The van der Waals surface area contributed by atoms with Crippen molar-refractivity contribution in [2.45, 2.75) is 13.8 Å². The molecule has 0 saturated carbocycles. The van der Waals surface area contributed by atoms with Crippen LogP contribution < -0.4 is 10.6 Å². The number of isocyanates is 2. The van der Waals surface area contributed by atoms with Crippen LogP contribution in [-0.2, 0) is 9.59 Å². The van der Waals surface area contributed by atoms with E-state index in [0.717, 1.165) is 5.69 Å². The molecule has 0 spiro atoms. The van der Waals surface area contributed by atoms with Crippen molar-refractivity contribution < 1.29 is 9.59 Å². The van der Waals surface area contributed by atoms with Crippen LogP contribution >= 0.6 is 0 Å². The minimum absolute atomic E-state index is 0.160. The molecular weight excluding hydrogens is 316 g/mol. The van der Waals surface area contributed by atoms with Gasteiger partial charge in [0.05, 0.1) is 0 Å². The quantitative estimate of drug-likeness (QED) is 0.526. The number of anilines is 2. The SMILES string of the molecule is Cc1c(-c2ccc(N)cc2)ccc(N(C)C)c1C.O=C=NCN=C=O. The molecule has 0 saturated heterocycles. The predicted molar refractivity (Wildman–Crippen MR) is 101 cm³/mol. The van der Waals surface area contributed by atoms with Gasteiger partial charge in [0.1, 0.15) is 0 Å². The Morgan fingerprint density at radius 3 is 1.96 bits per heavy atom. The van der Waals surface area contributed by atoms with Crippen LogP contribution in [0.25, 0.3) is 11.1 Å². The Kier molecular flexibility index (Phi) is 7.80. The summed E-state index contributed by atoms with van der Waals surface area (Å²) in [6.45, 7) is 4.19. The summed E-state index contributed by atoms with van der Waals surface area (Å²) in [5, 5.41) is 0. The summed E-state index contributed by atoms with van der Waals surface area (Å²) in [7, 11) is 4.15. The van der Waals surface area contributed by atoms with Gasteiger partial charge in [0, 0.05) is 25.5 Å². The van der Waals surface area contributed by atoms with Gasteiger partial charge >= 0.3 is 0 Å². The Labute approximate surface area is 147 Å². The van der Waals surface area contributed by atoms with Crippen LogP contribution in [0, 0.1) is 13.8 Å². The number of nitrogens with two attached hydrogens (primary N) is 1. The number of nitrogen functional groups attached to an aromatic ring is 1. The summed E-state index contributed by atoms with van der Waals surface area (Å²) < 4.78 is 0. The highest BCUT2D eigenvalue weighted by molar-refractivity contribution is 5.74. The highest BCUT2D eigenvalue weighted by Crippen LogP contribution is 2.31. The van der Waals surface area contributed by atoms with E-state index in [9.17, 15) is 9.59 Å². The third-order valence-corrected chi connectivity index (χ3v) is 3.73. The lowest BCUT2D eigenvalue weighted by molar-refractivity contribution is 0.560. The summed E-state index contributed by atoms with van der Waals surface area (Å²) in [5.74, 6) is 0. The van der Waals surface area contributed by atoms with Gasteiger partial charge in [0.15, 0.2) is 6.67 Å². The van der Waals surface area contributed by atoms with Crippen molar-refractivity contribution in [3.05, 3.63) is 47.5 Å². The Morgan fingerprint density at radius 2 is 1.48 bits per heavy atom. The molecule has 2 aromatic carbocycles. The number of nitrogens with zero attached hydrogens (tertiary/aromatic N) is 3. The molecule has 0 bridgehead atoms. The van der Waals surface area contributed by atoms with Crippen molar-refractivity contribution >= 4 is 23.5 Å². The Balaban J connectivity index is 0.000000381. The molecular formula is C19H22N4O2. The smallest absolute Gasteiger partial charge is 0.236 e. The van der Waals surface area contributed by atoms with Crippen molar-refractivity contribution in [3.63, 3.8) is 0 Å². The zero-order valence-electron chi connectivity index (χ0n) is 14.9. The number of rotatable bonds is 4. The van der Waals surface area contributed by atoms with Gasteiger partial charge < -0.3 is 10.6 Å². The first-order valence-electron chi connectivity index (χ1n) is 7.63. The summed E-state index contributed by atoms with van der Waals surface area (Å²) in [6, 6.07) is 12.4. The average Bonchev–Trinajstić information content (AvgIpc) is 2.59. The molecule has 0 aliphatic carbocycles. The maximum atomic E-state index is 9.20. The van der Waals surface area contributed by atoms with Gasteiger partial charge in [-0.1, -0.05) is 18.2 Å². The predicted octanol–water partition coefficient (Wildman–Crippen LogP) is 3.23. The molecule has 130 valence electrons. The molecule has 2 aromatic rings. The van der Waals surface area contributed by atoms with Gasteiger partial charge in [-0.05, 0) is 54.3 Å². The van der Waals surface area contributed by atoms with Gasteiger partial charge in [-0.15, -0.1) is 0 Å². The first-order chi connectivity index (χ1) is 11.9. The molecule has 6 heteroatoms. The second-order valence-electron chi connectivity index (χ2n) is 5.54. The van der Waals surface area contributed by atoms with Crippen molar-refractivity contribution in [3.8, 4) is 11.1 Å². The molecule has 25 heavy (non-hydrogen) atoms. The molecule has 2 rings (SSSR count). The molecule has 0 radical (unpaired) electrons. The number of hydrogen-bond acceptors (Lipinski definition) is 6. The van der Waals surface area contributed by atoms with Crippen molar-refractivity contribution in [1.29, 1.82) is 0 Å². The van der Waals surface area contributed by atoms with Crippen LogP contribution in [-0.4, -0.2) is 32.9 Å². The lowest BCUT2D eigenvalue weighted by Gasteiger charge is -2.19. The minimum Gasteiger partial charge on any atom is -0.399 e. The van der Waals surface area contributed by atoms with Crippen LogP contribution in [0.4, 0.5) is 11.4 Å². The van der Waals surface area contributed by atoms with E-state index in [4.69, 9.17) is 5.73 Å². The first-order valence-corrected chi connectivity index (χ1v) is 7.63. The third-order valence-electron chi connectivity index (χ3n) is 3.73. The van der Waals surface area contributed by atoms with Crippen molar-refractivity contribution in [2.24, 2.45) is 9.98 Å². The highest BCUT2D eigenvalue weighted by Gasteiger charge is 2.09. The lowest BCUT2D eigenvalue weighted by atomic mass is 9.95. The summed E-state index contributed by atoms with van der Waals surface area (Å²) in [4.78, 5) is 26.4. The van der Waals surface area contributed by atoms with Crippen LogP contribution in [0.5, 0.6) is 0 Å². The van der Waals surface area contributed by atoms with Gasteiger partial charge in [-0.2, -0.15) is 9.98 Å². The molecule has 0 aliphatic heterocycles. The number of aliphatic imine (C=N–C) groups is 2. The molecule has 2 N–H and O–H groups in total. The minimum atomic E-state index is -0.160. The number of carbonyl (C=O) groups excluding carboxylic acids is 2. The summed E-state index contributed by atoms with van der Waals surface area (Å²) >= 11 is 0. The fraction of sp³-hybridized carbons (Fsp3) is 0.263. The van der Waals surface area contributed by atoms with E-state index < -0.39 is 0 Å². The van der Waals surface area contributed by atoms with E-state index in [-0.39, 0.29) is 6.67 Å². The van der Waals surface area contributed by atoms with Gasteiger partial charge in [0.2, 0.25) is 12.2 Å². The zero-order chi connectivity index (χ0) is 18.8. The van der Waals surface area contributed by atoms with E-state index in [1.165, 1.54) is 40.1 Å². The molecule has 0 aromatic heterocycles. The van der Waals surface area contributed by atoms with Crippen LogP contribution in [0.2, 0.25) is 0 Å². The number of hydrogen-bond donors (Lipinski definition) is 1. The first kappa shape index (κ1) is 19.8. The normalized spacial score (nSPS) is 9.12. The Morgan fingerprint density at radius 1 is 0.920 bits per heavy atom. The van der Waals surface area contributed by atoms with Gasteiger partial charge in [0.25, 0.3) is 0 Å². The fourth-order valence-electron chi connectivity index (χ4n) is 2.36. The van der Waals surface area contributed by atoms with Crippen molar-refractivity contribution in [1.82, 2.24) is 0 Å². The van der Waals surface area contributed by atoms with E-state index in [1.807, 2.05) is 12.1 Å². The van der Waals surface area contributed by atoms with E-state index in [0.29, 0.717) is 0 Å². The largest absolute Gasteiger partial charge is 0.399 e. The second-order valence-corrected chi connectivity index (χ2v) is 5.54. The molecule has 0 fully saturated rings. The third kappa shape index (κ3) is 5.74. The zero-order valence-corrected chi connectivity index (χ0v) is 14.9.